The zero-order valence-electron chi connectivity index (χ0n) is 23.9. The number of hydrogen-bond donors (Lipinski definition) is 2. The number of anilines is 3. The van der Waals surface area contributed by atoms with Gasteiger partial charge in [-0.05, 0) is 75.1 Å². The summed E-state index contributed by atoms with van der Waals surface area (Å²) in [6, 6.07) is 14.6. The molecule has 4 amide bonds. The number of likely N-dealkylation sites (tertiary alicyclic amines) is 1. The molecule has 0 atom stereocenters. The van der Waals surface area contributed by atoms with Crippen LogP contribution in [-0.4, -0.2) is 90.7 Å². The third-order valence-corrected chi connectivity index (χ3v) is 8.67. The highest BCUT2D eigenvalue weighted by atomic mass is 16.2. The van der Waals surface area contributed by atoms with Crippen LogP contribution in [0.4, 0.5) is 26.7 Å². The minimum absolute atomic E-state index is 0.0122. The minimum atomic E-state index is -0.0400. The molecule has 3 aromatic rings. The molecule has 6 rings (SSSR count). The predicted molar refractivity (Wildman–Crippen MR) is 163 cm³/mol. The highest BCUT2D eigenvalue weighted by Crippen LogP contribution is 2.33. The van der Waals surface area contributed by atoms with E-state index < -0.39 is 0 Å². The van der Waals surface area contributed by atoms with Crippen molar-refractivity contribution < 1.29 is 9.59 Å². The van der Waals surface area contributed by atoms with Gasteiger partial charge in [-0.15, -0.1) is 0 Å². The van der Waals surface area contributed by atoms with E-state index in [-0.39, 0.29) is 18.0 Å². The average molecular weight is 557 g/mol. The number of fused-ring (bicyclic) bond motifs is 1. The van der Waals surface area contributed by atoms with E-state index in [0.717, 1.165) is 67.0 Å². The van der Waals surface area contributed by atoms with Gasteiger partial charge in [0.05, 0.1) is 11.2 Å². The smallest absolute Gasteiger partial charge is 0.321 e. The number of piperidine rings is 1. The molecular weight excluding hydrogens is 516 g/mol. The van der Waals surface area contributed by atoms with Gasteiger partial charge in [0.2, 0.25) is 0 Å². The Balaban J connectivity index is 1.05. The third-order valence-electron chi connectivity index (χ3n) is 8.67. The van der Waals surface area contributed by atoms with Gasteiger partial charge in [-0.1, -0.05) is 0 Å². The molecule has 0 unspecified atom stereocenters. The largest absolute Gasteiger partial charge is 0.372 e. The van der Waals surface area contributed by atoms with Crippen LogP contribution >= 0.6 is 0 Å². The number of urea groups is 2. The zero-order valence-corrected chi connectivity index (χ0v) is 23.9. The fourth-order valence-electron chi connectivity index (χ4n) is 6.31. The molecule has 2 aromatic carbocycles. The van der Waals surface area contributed by atoms with E-state index in [1.807, 2.05) is 28.9 Å². The highest BCUT2D eigenvalue weighted by molar-refractivity contribution is 5.90. The first-order valence-corrected chi connectivity index (χ1v) is 15.0. The molecule has 1 aromatic heterocycles. The van der Waals surface area contributed by atoms with Crippen LogP contribution in [-0.2, 0) is 0 Å². The first kappa shape index (κ1) is 27.1. The van der Waals surface area contributed by atoms with Crippen LogP contribution in [0.2, 0.25) is 0 Å². The van der Waals surface area contributed by atoms with Gasteiger partial charge in [-0.2, -0.15) is 0 Å². The van der Waals surface area contributed by atoms with Gasteiger partial charge in [0, 0.05) is 87.3 Å². The summed E-state index contributed by atoms with van der Waals surface area (Å²) in [6.45, 7) is 9.20. The molecule has 3 fully saturated rings. The minimum Gasteiger partial charge on any atom is -0.372 e. The second kappa shape index (κ2) is 12.2. The Kier molecular flexibility index (Phi) is 8.07. The number of carbonyl (C=O) groups excluding carboxylic acids is 2. The number of nitrogens with zero attached hydrogens (tertiary/aromatic N) is 6. The van der Waals surface area contributed by atoms with Crippen molar-refractivity contribution in [3.63, 3.8) is 0 Å². The fourth-order valence-corrected chi connectivity index (χ4v) is 6.31. The van der Waals surface area contributed by atoms with Gasteiger partial charge >= 0.3 is 12.1 Å². The molecule has 10 nitrogen and oxygen atoms in total. The Hall–Kier alpha value is -4.08. The molecule has 3 aliphatic heterocycles. The first-order chi connectivity index (χ1) is 20.1. The normalized spacial score (nSPS) is 18.2. The number of carbonyl (C=O) groups is 2. The number of hydrogen-bond acceptors (Lipinski definition) is 6. The Morgan fingerprint density at radius 1 is 0.780 bits per heavy atom. The van der Waals surface area contributed by atoms with Crippen molar-refractivity contribution in [1.82, 2.24) is 25.1 Å². The Bertz CT molecular complexity index is 1360. The molecule has 3 saturated heterocycles. The molecule has 216 valence electrons. The number of piperazine rings is 1. The molecule has 4 heterocycles. The van der Waals surface area contributed by atoms with Crippen LogP contribution in [0.5, 0.6) is 0 Å². The number of amides is 4. The van der Waals surface area contributed by atoms with E-state index >= 15 is 0 Å². The first-order valence-electron chi connectivity index (χ1n) is 15.0. The summed E-state index contributed by atoms with van der Waals surface area (Å²) in [5.74, 6) is 0.288. The van der Waals surface area contributed by atoms with Crippen LogP contribution in [0.25, 0.3) is 10.9 Å². The Labute approximate surface area is 241 Å². The molecule has 10 heteroatoms. The number of nitrogens with one attached hydrogen (secondary N) is 2. The molecule has 0 spiro atoms. The van der Waals surface area contributed by atoms with Crippen LogP contribution < -0.4 is 20.4 Å². The van der Waals surface area contributed by atoms with E-state index in [0.29, 0.717) is 32.7 Å². The molecule has 0 saturated carbocycles. The van der Waals surface area contributed by atoms with Crippen LogP contribution in [0.15, 0.2) is 48.8 Å². The van der Waals surface area contributed by atoms with Crippen molar-refractivity contribution in [3.05, 3.63) is 54.5 Å². The maximum Gasteiger partial charge on any atom is 0.321 e. The zero-order chi connectivity index (χ0) is 28.2. The maximum atomic E-state index is 13.0. The highest BCUT2D eigenvalue weighted by Gasteiger charge is 2.27. The average Bonchev–Trinajstić information content (AvgIpc) is 3.56. The van der Waals surface area contributed by atoms with Crippen molar-refractivity contribution >= 4 is 40.0 Å². The van der Waals surface area contributed by atoms with Crippen LogP contribution in [0.1, 0.15) is 44.2 Å². The molecule has 41 heavy (non-hydrogen) atoms. The third kappa shape index (κ3) is 6.01. The van der Waals surface area contributed by atoms with Gasteiger partial charge in [0.1, 0.15) is 6.33 Å². The summed E-state index contributed by atoms with van der Waals surface area (Å²) in [5.41, 5.74) is 5.20. The maximum absolute atomic E-state index is 13.0. The lowest BCUT2D eigenvalue weighted by molar-refractivity contribution is 0.194. The molecular formula is C31H40N8O2. The number of benzene rings is 2. The summed E-state index contributed by atoms with van der Waals surface area (Å²) in [7, 11) is 0. The topological polar surface area (TPSA) is 96.9 Å². The predicted octanol–water partition coefficient (Wildman–Crippen LogP) is 4.49. The number of aromatic nitrogens is 2. The molecule has 0 radical (unpaired) electrons. The number of rotatable bonds is 5. The second-order valence-corrected chi connectivity index (χ2v) is 11.2. The van der Waals surface area contributed by atoms with Gasteiger partial charge in [-0.25, -0.2) is 19.6 Å². The van der Waals surface area contributed by atoms with E-state index in [2.05, 4.69) is 55.7 Å². The van der Waals surface area contributed by atoms with Gasteiger partial charge in [-0.3, -0.25) is 0 Å². The standard InChI is InChI=1S/C31H40N8O2/c1-2-32-30(40)39-19-17-37(18-20-39)26-9-10-27-28(21-26)33-22-34-29(27)23-11-15-38(16-12-23)31(41)35-24-5-7-25(8-6-24)36-13-3-4-14-36/h5-10,21-23H,2-4,11-20H2,1H3,(H,32,40)(H,35,41). The lowest BCUT2D eigenvalue weighted by atomic mass is 9.91. The summed E-state index contributed by atoms with van der Waals surface area (Å²) in [5, 5.41) is 7.05. The van der Waals surface area contributed by atoms with Crippen molar-refractivity contribution in [1.29, 1.82) is 0 Å². The van der Waals surface area contributed by atoms with E-state index in [1.165, 1.54) is 18.5 Å². The van der Waals surface area contributed by atoms with Crippen LogP contribution in [0.3, 0.4) is 0 Å². The van der Waals surface area contributed by atoms with E-state index in [1.54, 1.807) is 6.33 Å². The van der Waals surface area contributed by atoms with Gasteiger partial charge < -0.3 is 30.2 Å². The van der Waals surface area contributed by atoms with Gasteiger partial charge in [0.15, 0.2) is 0 Å². The molecule has 2 N–H and O–H groups in total. The lowest BCUT2D eigenvalue weighted by Crippen LogP contribution is -2.51. The SMILES string of the molecule is CCNC(=O)N1CCN(c2ccc3c(C4CCN(C(=O)Nc5ccc(N6CCCC6)cc5)CC4)ncnc3c2)CC1. The van der Waals surface area contributed by atoms with E-state index in [4.69, 9.17) is 4.98 Å². The van der Waals surface area contributed by atoms with E-state index in [9.17, 15) is 9.59 Å². The summed E-state index contributed by atoms with van der Waals surface area (Å²) >= 11 is 0. The second-order valence-electron chi connectivity index (χ2n) is 11.2. The summed E-state index contributed by atoms with van der Waals surface area (Å²) < 4.78 is 0. The van der Waals surface area contributed by atoms with Gasteiger partial charge in [0.25, 0.3) is 0 Å². The van der Waals surface area contributed by atoms with Crippen molar-refractivity contribution in [3.8, 4) is 0 Å². The van der Waals surface area contributed by atoms with Crippen LogP contribution in [0, 0.1) is 0 Å². The molecule has 0 aliphatic carbocycles. The molecule has 0 bridgehead atoms. The fraction of sp³-hybridized carbons (Fsp3) is 0.484. The molecule has 3 aliphatic rings. The van der Waals surface area contributed by atoms with Crippen molar-refractivity contribution in [2.45, 2.75) is 38.5 Å². The summed E-state index contributed by atoms with van der Waals surface area (Å²) in [6.07, 6.45) is 5.91. The Morgan fingerprint density at radius 2 is 1.44 bits per heavy atom. The van der Waals surface area contributed by atoms with Crippen molar-refractivity contribution in [2.24, 2.45) is 0 Å². The summed E-state index contributed by atoms with van der Waals surface area (Å²) in [4.78, 5) is 42.9. The van der Waals surface area contributed by atoms with Crippen molar-refractivity contribution in [2.75, 3.05) is 74.0 Å². The monoisotopic (exact) mass is 556 g/mol. The quantitative estimate of drug-likeness (QED) is 0.481. The Morgan fingerprint density at radius 3 is 2.15 bits per heavy atom. The lowest BCUT2D eigenvalue weighted by Gasteiger charge is -2.36.